The van der Waals surface area contributed by atoms with Crippen LogP contribution in [0.2, 0.25) is 0 Å². The molecule has 1 amide bonds. The number of rotatable bonds is 6. The molecule has 1 aliphatic rings. The summed E-state index contributed by atoms with van der Waals surface area (Å²) in [6.45, 7) is 4.91. The van der Waals surface area contributed by atoms with Crippen molar-refractivity contribution in [2.75, 3.05) is 13.2 Å². The molecular weight excluding hydrogens is 442 g/mol. The van der Waals surface area contributed by atoms with Crippen LogP contribution < -0.4 is 10.9 Å². The number of benzene rings is 1. The predicted molar refractivity (Wildman–Crippen MR) is 124 cm³/mol. The molecule has 1 atom stereocenters. The van der Waals surface area contributed by atoms with Crippen LogP contribution >= 0.6 is 11.3 Å². The monoisotopic (exact) mass is 465 g/mol. The Morgan fingerprint density at radius 3 is 3.00 bits per heavy atom. The van der Waals surface area contributed by atoms with Gasteiger partial charge in [0.05, 0.1) is 22.7 Å². The van der Waals surface area contributed by atoms with Crippen molar-refractivity contribution in [2.24, 2.45) is 0 Å². The first-order valence-electron chi connectivity index (χ1n) is 10.8. The number of ether oxygens (including phenoxy) is 1. The number of aromatic nitrogens is 4. The summed E-state index contributed by atoms with van der Waals surface area (Å²) < 4.78 is 12.3. The van der Waals surface area contributed by atoms with Gasteiger partial charge in [-0.25, -0.2) is 4.98 Å². The SMILES string of the molecule is Cc1cccc(-c2noc(-c3sc4ncn(CC(=O)NCC5CCCO5)c(=O)c4c3C)n2)c1. The van der Waals surface area contributed by atoms with Crippen LogP contribution in [-0.2, 0) is 16.1 Å². The lowest BCUT2D eigenvalue weighted by molar-refractivity contribution is -0.122. The molecule has 0 radical (unpaired) electrons. The third kappa shape index (κ3) is 4.31. The quantitative estimate of drug-likeness (QED) is 0.466. The van der Waals surface area contributed by atoms with E-state index >= 15 is 0 Å². The number of hydrogen-bond acceptors (Lipinski definition) is 8. The van der Waals surface area contributed by atoms with Crippen LogP contribution in [0.5, 0.6) is 0 Å². The Morgan fingerprint density at radius 1 is 1.33 bits per heavy atom. The first-order chi connectivity index (χ1) is 16.0. The fourth-order valence-corrected chi connectivity index (χ4v) is 5.00. The second kappa shape index (κ2) is 8.87. The molecule has 4 heterocycles. The third-order valence-corrected chi connectivity index (χ3v) is 6.87. The highest BCUT2D eigenvalue weighted by atomic mass is 32.1. The van der Waals surface area contributed by atoms with E-state index < -0.39 is 0 Å². The number of fused-ring (bicyclic) bond motifs is 1. The Hall–Kier alpha value is -3.37. The van der Waals surface area contributed by atoms with Gasteiger partial charge < -0.3 is 14.6 Å². The largest absolute Gasteiger partial charge is 0.376 e. The van der Waals surface area contributed by atoms with Crippen LogP contribution in [0.25, 0.3) is 32.4 Å². The molecule has 33 heavy (non-hydrogen) atoms. The van der Waals surface area contributed by atoms with Crippen molar-refractivity contribution < 1.29 is 14.1 Å². The average Bonchev–Trinajstić information content (AvgIpc) is 3.55. The molecule has 4 aromatic rings. The number of nitrogens with one attached hydrogen (secondary N) is 1. The third-order valence-electron chi connectivity index (χ3n) is 5.68. The zero-order valence-electron chi connectivity index (χ0n) is 18.3. The molecule has 5 rings (SSSR count). The van der Waals surface area contributed by atoms with Crippen molar-refractivity contribution in [3.8, 4) is 22.2 Å². The van der Waals surface area contributed by atoms with E-state index in [1.807, 2.05) is 38.1 Å². The van der Waals surface area contributed by atoms with Crippen molar-refractivity contribution in [3.63, 3.8) is 0 Å². The Labute approximate surface area is 193 Å². The lowest BCUT2D eigenvalue weighted by atomic mass is 10.1. The summed E-state index contributed by atoms with van der Waals surface area (Å²) in [6, 6.07) is 7.84. The fraction of sp³-hybridized carbons (Fsp3) is 0.348. The van der Waals surface area contributed by atoms with Crippen molar-refractivity contribution in [1.29, 1.82) is 0 Å². The molecule has 1 fully saturated rings. The van der Waals surface area contributed by atoms with Crippen molar-refractivity contribution in [2.45, 2.75) is 39.3 Å². The van der Waals surface area contributed by atoms with Crippen LogP contribution in [0.1, 0.15) is 24.0 Å². The number of aryl methyl sites for hydroxylation is 2. The van der Waals surface area contributed by atoms with Crippen molar-refractivity contribution in [1.82, 2.24) is 25.0 Å². The molecule has 1 aromatic carbocycles. The molecule has 1 unspecified atom stereocenters. The zero-order valence-corrected chi connectivity index (χ0v) is 19.1. The molecule has 1 aliphatic heterocycles. The summed E-state index contributed by atoms with van der Waals surface area (Å²) in [7, 11) is 0. The van der Waals surface area contributed by atoms with Crippen LogP contribution in [0.3, 0.4) is 0 Å². The first kappa shape index (κ1) is 21.5. The molecule has 0 bridgehead atoms. The summed E-state index contributed by atoms with van der Waals surface area (Å²) in [5.74, 6) is 0.577. The molecule has 9 nitrogen and oxygen atoms in total. The molecule has 1 N–H and O–H groups in total. The Morgan fingerprint density at radius 2 is 2.21 bits per heavy atom. The van der Waals surface area contributed by atoms with E-state index in [0.717, 1.165) is 30.6 Å². The second-order valence-electron chi connectivity index (χ2n) is 8.15. The lowest BCUT2D eigenvalue weighted by Crippen LogP contribution is -2.36. The molecule has 3 aromatic heterocycles. The Bertz CT molecular complexity index is 1380. The highest BCUT2D eigenvalue weighted by Crippen LogP contribution is 2.35. The van der Waals surface area contributed by atoms with Gasteiger partial charge in [0.25, 0.3) is 11.4 Å². The van der Waals surface area contributed by atoms with Gasteiger partial charge in [-0.15, -0.1) is 11.3 Å². The summed E-state index contributed by atoms with van der Waals surface area (Å²) in [5.41, 5.74) is 2.39. The topological polar surface area (TPSA) is 112 Å². The Balaban J connectivity index is 1.40. The maximum atomic E-state index is 13.1. The lowest BCUT2D eigenvalue weighted by Gasteiger charge is -2.11. The smallest absolute Gasteiger partial charge is 0.268 e. The van der Waals surface area contributed by atoms with E-state index in [2.05, 4.69) is 20.4 Å². The van der Waals surface area contributed by atoms with E-state index in [9.17, 15) is 9.59 Å². The van der Waals surface area contributed by atoms with Gasteiger partial charge in [0.1, 0.15) is 11.4 Å². The molecule has 0 saturated carbocycles. The summed E-state index contributed by atoms with van der Waals surface area (Å²) in [6.07, 6.45) is 3.40. The van der Waals surface area contributed by atoms with Gasteiger partial charge in [0.2, 0.25) is 11.7 Å². The number of hydrogen-bond donors (Lipinski definition) is 1. The number of carbonyl (C=O) groups is 1. The van der Waals surface area contributed by atoms with Gasteiger partial charge >= 0.3 is 0 Å². The first-order valence-corrected chi connectivity index (χ1v) is 11.6. The number of thiophene rings is 1. The van der Waals surface area contributed by atoms with Crippen molar-refractivity contribution >= 4 is 27.5 Å². The van der Waals surface area contributed by atoms with Gasteiger partial charge in [0.15, 0.2) is 0 Å². The average molecular weight is 466 g/mol. The Kier molecular flexibility index (Phi) is 5.77. The second-order valence-corrected chi connectivity index (χ2v) is 9.14. The standard InChI is InChI=1S/C23H23N5O4S/c1-13-5-3-6-15(9-13)20-26-21(32-27-20)19-14(2)18-22(33-19)25-12-28(23(18)30)11-17(29)24-10-16-7-4-8-31-16/h3,5-6,9,12,16H,4,7-8,10-11H2,1-2H3,(H,24,29). The predicted octanol–water partition coefficient (Wildman–Crippen LogP) is 3.09. The summed E-state index contributed by atoms with van der Waals surface area (Å²) in [4.78, 5) is 35.7. The van der Waals surface area contributed by atoms with Crippen LogP contribution in [0, 0.1) is 13.8 Å². The van der Waals surface area contributed by atoms with E-state index in [0.29, 0.717) is 38.9 Å². The van der Waals surface area contributed by atoms with Crippen molar-refractivity contribution in [3.05, 3.63) is 52.1 Å². The van der Waals surface area contributed by atoms with Gasteiger partial charge in [-0.05, 0) is 38.3 Å². The van der Waals surface area contributed by atoms with E-state index in [4.69, 9.17) is 9.26 Å². The zero-order chi connectivity index (χ0) is 22.9. The minimum atomic E-state index is -0.273. The van der Waals surface area contributed by atoms with Crippen LogP contribution in [-0.4, -0.2) is 44.9 Å². The fourth-order valence-electron chi connectivity index (χ4n) is 3.94. The minimum absolute atomic E-state index is 0.0482. The summed E-state index contributed by atoms with van der Waals surface area (Å²) >= 11 is 1.32. The molecular formula is C23H23N5O4S. The van der Waals surface area contributed by atoms with E-state index in [1.165, 1.54) is 22.2 Å². The summed E-state index contributed by atoms with van der Waals surface area (Å²) in [5, 5.41) is 7.39. The molecule has 1 saturated heterocycles. The normalized spacial score (nSPS) is 15.9. The van der Waals surface area contributed by atoms with Crippen LogP contribution in [0.4, 0.5) is 0 Å². The molecule has 0 spiro atoms. The molecule has 10 heteroatoms. The van der Waals surface area contributed by atoms with Gasteiger partial charge in [-0.1, -0.05) is 28.9 Å². The van der Waals surface area contributed by atoms with E-state index in [-0.39, 0.29) is 24.1 Å². The van der Waals surface area contributed by atoms with Gasteiger partial charge in [0, 0.05) is 18.7 Å². The number of carbonyl (C=O) groups excluding carboxylic acids is 1. The molecule has 170 valence electrons. The highest BCUT2D eigenvalue weighted by molar-refractivity contribution is 7.22. The number of amides is 1. The maximum Gasteiger partial charge on any atom is 0.268 e. The van der Waals surface area contributed by atoms with Gasteiger partial charge in [-0.3, -0.25) is 14.2 Å². The maximum absolute atomic E-state index is 13.1. The highest BCUT2D eigenvalue weighted by Gasteiger charge is 2.21. The minimum Gasteiger partial charge on any atom is -0.376 e. The van der Waals surface area contributed by atoms with Gasteiger partial charge in [-0.2, -0.15) is 4.98 Å². The van der Waals surface area contributed by atoms with E-state index in [1.54, 1.807) is 0 Å². The number of nitrogens with zero attached hydrogens (tertiary/aromatic N) is 4. The van der Waals surface area contributed by atoms with Crippen LogP contribution in [0.15, 0.2) is 39.9 Å². The molecule has 0 aliphatic carbocycles.